The van der Waals surface area contributed by atoms with Gasteiger partial charge in [0.25, 0.3) is 5.91 Å². The molecule has 1 aliphatic rings. The minimum absolute atomic E-state index is 0.0861. The zero-order chi connectivity index (χ0) is 17.6. The van der Waals surface area contributed by atoms with E-state index in [0.717, 1.165) is 31.6 Å². The largest absolute Gasteiger partial charge is 0.376 e. The molecule has 2 unspecified atom stereocenters. The minimum Gasteiger partial charge on any atom is -0.376 e. The van der Waals surface area contributed by atoms with E-state index < -0.39 is 6.10 Å². The second-order valence-electron chi connectivity index (χ2n) is 6.14. The normalized spacial score (nSPS) is 18.7. The van der Waals surface area contributed by atoms with Gasteiger partial charge in [-0.1, -0.05) is 0 Å². The van der Waals surface area contributed by atoms with E-state index in [4.69, 9.17) is 9.47 Å². The maximum absolute atomic E-state index is 12.2. The Morgan fingerprint density at radius 2 is 2.20 bits per heavy atom. The highest BCUT2D eigenvalue weighted by Gasteiger charge is 2.19. The molecule has 2 N–H and O–H groups in total. The highest BCUT2D eigenvalue weighted by molar-refractivity contribution is 5.93. The monoisotopic (exact) mass is 345 g/mol. The molecule has 1 aromatic carbocycles. The van der Waals surface area contributed by atoms with Crippen LogP contribution in [0.15, 0.2) is 41.5 Å². The van der Waals surface area contributed by atoms with Crippen LogP contribution in [0.1, 0.15) is 26.2 Å². The number of amides is 1. The summed E-state index contributed by atoms with van der Waals surface area (Å²) in [6.45, 7) is 2.93. The minimum atomic E-state index is -0.558. The molecule has 1 aromatic heterocycles. The predicted molar refractivity (Wildman–Crippen MR) is 94.0 cm³/mol. The summed E-state index contributed by atoms with van der Waals surface area (Å²) in [6.07, 6.45) is 5.98. The van der Waals surface area contributed by atoms with Gasteiger partial charge in [0.2, 0.25) is 0 Å². The fourth-order valence-electron chi connectivity index (χ4n) is 2.74. The Bertz CT molecular complexity index is 744. The summed E-state index contributed by atoms with van der Waals surface area (Å²) in [5.41, 5.74) is 1.17. The lowest BCUT2D eigenvalue weighted by molar-refractivity contribution is -0.130. The molecule has 3 rings (SSSR count). The summed E-state index contributed by atoms with van der Waals surface area (Å²) in [6, 6.07) is 7.05. The molecule has 7 nitrogen and oxygen atoms in total. The van der Waals surface area contributed by atoms with Crippen molar-refractivity contribution in [2.45, 2.75) is 38.4 Å². The number of hydrogen-bond acceptors (Lipinski definition) is 4. The molecule has 1 fully saturated rings. The van der Waals surface area contributed by atoms with Crippen LogP contribution in [0.3, 0.4) is 0 Å². The first-order valence-corrected chi connectivity index (χ1v) is 8.54. The van der Waals surface area contributed by atoms with Gasteiger partial charge in [0.15, 0.2) is 0 Å². The quantitative estimate of drug-likeness (QED) is 0.839. The molecular formula is C18H23N3O4. The van der Waals surface area contributed by atoms with E-state index in [-0.39, 0.29) is 17.7 Å². The molecule has 0 bridgehead atoms. The number of carbonyl (C=O) groups excluding carboxylic acids is 1. The van der Waals surface area contributed by atoms with Gasteiger partial charge < -0.3 is 19.8 Å². The number of aromatic nitrogens is 2. The van der Waals surface area contributed by atoms with Gasteiger partial charge in [-0.15, -0.1) is 0 Å². The van der Waals surface area contributed by atoms with Crippen LogP contribution in [0.2, 0.25) is 0 Å². The van der Waals surface area contributed by atoms with Crippen molar-refractivity contribution in [3.05, 3.63) is 47.1 Å². The highest BCUT2D eigenvalue weighted by atomic mass is 16.5. The molecule has 2 heterocycles. The van der Waals surface area contributed by atoms with Gasteiger partial charge in [0.1, 0.15) is 6.10 Å². The summed E-state index contributed by atoms with van der Waals surface area (Å²) < 4.78 is 12.7. The van der Waals surface area contributed by atoms with E-state index in [1.54, 1.807) is 43.6 Å². The Balaban J connectivity index is 1.51. The number of anilines is 1. The lowest BCUT2D eigenvalue weighted by Gasteiger charge is -2.23. The first-order chi connectivity index (χ1) is 12.1. The van der Waals surface area contributed by atoms with E-state index in [1.165, 1.54) is 4.57 Å². The summed E-state index contributed by atoms with van der Waals surface area (Å²) in [5.74, 6) is -0.206. The lowest BCUT2D eigenvalue weighted by Crippen LogP contribution is -2.32. The zero-order valence-electron chi connectivity index (χ0n) is 14.2. The number of carbonyl (C=O) groups is 1. The number of nitrogens with zero attached hydrogens (tertiary/aromatic N) is 1. The Morgan fingerprint density at radius 1 is 1.40 bits per heavy atom. The van der Waals surface area contributed by atoms with Gasteiger partial charge in [0, 0.05) is 24.7 Å². The third-order valence-corrected chi connectivity index (χ3v) is 4.24. The number of hydrogen-bond donors (Lipinski definition) is 2. The molecule has 2 atom stereocenters. The van der Waals surface area contributed by atoms with E-state index in [2.05, 4.69) is 10.3 Å². The van der Waals surface area contributed by atoms with Crippen LogP contribution >= 0.6 is 0 Å². The van der Waals surface area contributed by atoms with Crippen LogP contribution in [0, 0.1) is 0 Å². The van der Waals surface area contributed by atoms with Crippen molar-refractivity contribution < 1.29 is 14.3 Å². The number of nitrogens with one attached hydrogen (secondary N) is 2. The van der Waals surface area contributed by atoms with Crippen molar-refractivity contribution in [3.63, 3.8) is 0 Å². The standard InChI is InChI=1S/C18H23N3O4/c1-13(25-12-16-4-2-3-11-24-16)17(22)20-14-5-7-15(8-6-14)21-10-9-19-18(21)23/h5-10,13,16H,2-4,11-12H2,1H3,(H,19,23)(H,20,22). The van der Waals surface area contributed by atoms with Crippen molar-refractivity contribution in [2.24, 2.45) is 0 Å². The molecule has 25 heavy (non-hydrogen) atoms. The van der Waals surface area contributed by atoms with Crippen LogP contribution in [-0.2, 0) is 14.3 Å². The van der Waals surface area contributed by atoms with Crippen molar-refractivity contribution in [1.29, 1.82) is 0 Å². The van der Waals surface area contributed by atoms with E-state index >= 15 is 0 Å². The van der Waals surface area contributed by atoms with Gasteiger partial charge >= 0.3 is 5.69 Å². The van der Waals surface area contributed by atoms with E-state index in [9.17, 15) is 9.59 Å². The molecule has 0 spiro atoms. The van der Waals surface area contributed by atoms with Crippen molar-refractivity contribution >= 4 is 11.6 Å². The number of benzene rings is 1. The Morgan fingerprint density at radius 3 is 2.84 bits per heavy atom. The summed E-state index contributed by atoms with van der Waals surface area (Å²) >= 11 is 0. The molecule has 1 aliphatic heterocycles. The molecule has 0 saturated carbocycles. The first kappa shape index (κ1) is 17.4. The van der Waals surface area contributed by atoms with Crippen LogP contribution in [0.5, 0.6) is 0 Å². The van der Waals surface area contributed by atoms with Gasteiger partial charge in [-0.2, -0.15) is 0 Å². The SMILES string of the molecule is CC(OCC1CCCCO1)C(=O)Nc1ccc(-n2cc[nH]c2=O)cc1. The fourth-order valence-corrected chi connectivity index (χ4v) is 2.74. The molecular weight excluding hydrogens is 322 g/mol. The van der Waals surface area contributed by atoms with Crippen LogP contribution in [-0.4, -0.2) is 40.9 Å². The Kier molecular flexibility index (Phi) is 5.67. The first-order valence-electron chi connectivity index (χ1n) is 8.54. The lowest BCUT2D eigenvalue weighted by atomic mass is 10.1. The maximum atomic E-state index is 12.2. The zero-order valence-corrected chi connectivity index (χ0v) is 14.2. The molecule has 0 aliphatic carbocycles. The van der Waals surface area contributed by atoms with E-state index in [0.29, 0.717) is 12.3 Å². The van der Waals surface area contributed by atoms with Crippen molar-refractivity contribution in [2.75, 3.05) is 18.5 Å². The third-order valence-electron chi connectivity index (χ3n) is 4.24. The Labute approximate surface area is 146 Å². The molecule has 1 amide bonds. The second-order valence-corrected chi connectivity index (χ2v) is 6.14. The van der Waals surface area contributed by atoms with Crippen LogP contribution in [0.25, 0.3) is 5.69 Å². The van der Waals surface area contributed by atoms with Gasteiger partial charge in [0.05, 0.1) is 18.4 Å². The summed E-state index contributed by atoms with van der Waals surface area (Å²) in [5, 5.41) is 2.82. The molecule has 1 saturated heterocycles. The molecule has 7 heteroatoms. The average molecular weight is 345 g/mol. The smallest absolute Gasteiger partial charge is 0.330 e. The predicted octanol–water partition coefficient (Wildman–Crippen LogP) is 2.08. The van der Waals surface area contributed by atoms with Gasteiger partial charge in [-0.25, -0.2) is 4.79 Å². The second kappa shape index (κ2) is 8.13. The van der Waals surface area contributed by atoms with Crippen molar-refractivity contribution in [1.82, 2.24) is 9.55 Å². The fraction of sp³-hybridized carbons (Fsp3) is 0.444. The Hall–Kier alpha value is -2.38. The number of imidazole rings is 1. The average Bonchev–Trinajstić information content (AvgIpc) is 3.07. The summed E-state index contributed by atoms with van der Waals surface area (Å²) in [7, 11) is 0. The van der Waals surface area contributed by atoms with Gasteiger partial charge in [-0.05, 0) is 50.5 Å². The molecule has 2 aromatic rings. The van der Waals surface area contributed by atoms with Crippen LogP contribution < -0.4 is 11.0 Å². The topological polar surface area (TPSA) is 85.3 Å². The van der Waals surface area contributed by atoms with Gasteiger partial charge in [-0.3, -0.25) is 9.36 Å². The highest BCUT2D eigenvalue weighted by Crippen LogP contribution is 2.15. The number of H-pyrrole nitrogens is 1. The third kappa shape index (κ3) is 4.58. The number of ether oxygens (including phenoxy) is 2. The maximum Gasteiger partial charge on any atom is 0.330 e. The summed E-state index contributed by atoms with van der Waals surface area (Å²) in [4.78, 5) is 26.4. The number of aromatic amines is 1. The van der Waals surface area contributed by atoms with Crippen LogP contribution in [0.4, 0.5) is 5.69 Å². The van der Waals surface area contributed by atoms with E-state index in [1.807, 2.05) is 0 Å². The molecule has 0 radical (unpaired) electrons. The van der Waals surface area contributed by atoms with Crippen molar-refractivity contribution in [3.8, 4) is 5.69 Å². The number of rotatable bonds is 6. The molecule has 134 valence electrons.